The third kappa shape index (κ3) is 3.17. The SMILES string of the molecule is CC(NC(=O)C1CCCCC1N)(C(=O)O)C(F)(F)F. The summed E-state index contributed by atoms with van der Waals surface area (Å²) in [5.74, 6) is -3.86. The van der Waals surface area contributed by atoms with Crippen LogP contribution in [-0.2, 0) is 9.59 Å². The molecule has 3 atom stereocenters. The lowest BCUT2D eigenvalue weighted by Crippen LogP contribution is -2.63. The highest BCUT2D eigenvalue weighted by Crippen LogP contribution is 2.32. The standard InChI is InChI=1S/C11H17F3N2O3/c1-10(9(18)19,11(12,13)14)16-8(17)6-4-2-3-5-7(6)15/h6-7H,2-5,15H2,1H3,(H,16,17)(H,18,19). The van der Waals surface area contributed by atoms with Gasteiger partial charge in [-0.15, -0.1) is 0 Å². The fourth-order valence-corrected chi connectivity index (χ4v) is 2.07. The normalized spacial score (nSPS) is 27.4. The third-order valence-electron chi connectivity index (χ3n) is 3.52. The van der Waals surface area contributed by atoms with E-state index < -0.39 is 35.6 Å². The third-order valence-corrected chi connectivity index (χ3v) is 3.52. The predicted molar refractivity (Wildman–Crippen MR) is 60.2 cm³/mol. The first-order chi connectivity index (χ1) is 8.59. The van der Waals surface area contributed by atoms with Gasteiger partial charge < -0.3 is 16.2 Å². The Morgan fingerprint density at radius 3 is 2.21 bits per heavy atom. The second-order valence-electron chi connectivity index (χ2n) is 4.97. The number of carboxylic acid groups (broad SMARTS) is 1. The first kappa shape index (κ1) is 15.7. The molecule has 1 fully saturated rings. The van der Waals surface area contributed by atoms with Crippen molar-refractivity contribution in [1.29, 1.82) is 0 Å². The Morgan fingerprint density at radius 2 is 1.79 bits per heavy atom. The largest absolute Gasteiger partial charge is 0.479 e. The van der Waals surface area contributed by atoms with Gasteiger partial charge in [0.15, 0.2) is 0 Å². The zero-order chi connectivity index (χ0) is 14.8. The summed E-state index contributed by atoms with van der Waals surface area (Å²) in [5, 5.41) is 10.3. The van der Waals surface area contributed by atoms with Crippen LogP contribution in [0.3, 0.4) is 0 Å². The minimum atomic E-state index is -5.08. The fraction of sp³-hybridized carbons (Fsp3) is 0.818. The maximum absolute atomic E-state index is 12.8. The molecule has 0 radical (unpaired) electrons. The first-order valence-electron chi connectivity index (χ1n) is 5.97. The van der Waals surface area contributed by atoms with Gasteiger partial charge in [-0.3, -0.25) is 4.79 Å². The number of alkyl halides is 3. The molecule has 1 saturated carbocycles. The van der Waals surface area contributed by atoms with Gasteiger partial charge in [-0.2, -0.15) is 13.2 Å². The van der Waals surface area contributed by atoms with Gasteiger partial charge in [0.25, 0.3) is 0 Å². The topological polar surface area (TPSA) is 92.4 Å². The molecule has 3 unspecified atom stereocenters. The minimum Gasteiger partial charge on any atom is -0.479 e. The smallest absolute Gasteiger partial charge is 0.422 e. The van der Waals surface area contributed by atoms with Crippen LogP contribution in [0, 0.1) is 5.92 Å². The molecule has 0 bridgehead atoms. The van der Waals surface area contributed by atoms with Crippen LogP contribution in [0.2, 0.25) is 0 Å². The zero-order valence-corrected chi connectivity index (χ0v) is 10.5. The summed E-state index contributed by atoms with van der Waals surface area (Å²) >= 11 is 0. The predicted octanol–water partition coefficient (Wildman–Crippen LogP) is 1.03. The average Bonchev–Trinajstić information content (AvgIpc) is 2.27. The lowest BCUT2D eigenvalue weighted by atomic mass is 9.84. The maximum Gasteiger partial charge on any atom is 0.422 e. The molecule has 1 rings (SSSR count). The number of carbonyl (C=O) groups excluding carboxylic acids is 1. The molecule has 19 heavy (non-hydrogen) atoms. The van der Waals surface area contributed by atoms with E-state index in [1.165, 1.54) is 0 Å². The molecule has 0 aromatic carbocycles. The van der Waals surface area contributed by atoms with Crippen LogP contribution in [0.1, 0.15) is 32.6 Å². The van der Waals surface area contributed by atoms with E-state index >= 15 is 0 Å². The van der Waals surface area contributed by atoms with Crippen molar-refractivity contribution < 1.29 is 27.9 Å². The Bertz CT molecular complexity index is 373. The highest BCUT2D eigenvalue weighted by Gasteiger charge is 2.59. The van der Waals surface area contributed by atoms with Crippen LogP contribution in [0.25, 0.3) is 0 Å². The first-order valence-corrected chi connectivity index (χ1v) is 5.97. The summed E-state index contributed by atoms with van der Waals surface area (Å²) in [6.07, 6.45) is -2.64. The molecule has 1 amide bonds. The van der Waals surface area contributed by atoms with Gasteiger partial charge >= 0.3 is 12.1 Å². The molecular weight excluding hydrogens is 265 g/mol. The van der Waals surface area contributed by atoms with Gasteiger partial charge in [0.1, 0.15) is 0 Å². The van der Waals surface area contributed by atoms with Crippen LogP contribution in [0.15, 0.2) is 0 Å². The van der Waals surface area contributed by atoms with Crippen molar-refractivity contribution in [2.75, 3.05) is 0 Å². The summed E-state index contributed by atoms with van der Waals surface area (Å²) in [5.41, 5.74) is 2.40. The van der Waals surface area contributed by atoms with Gasteiger partial charge in [0.2, 0.25) is 11.4 Å². The summed E-state index contributed by atoms with van der Waals surface area (Å²) in [6, 6.07) is -0.528. The molecule has 0 heterocycles. The average molecular weight is 282 g/mol. The number of nitrogens with two attached hydrogens (primary N) is 1. The summed E-state index contributed by atoms with van der Waals surface area (Å²) in [6.45, 7) is 0.432. The maximum atomic E-state index is 12.8. The molecule has 0 aliphatic heterocycles. The van der Waals surface area contributed by atoms with E-state index in [9.17, 15) is 22.8 Å². The highest BCUT2D eigenvalue weighted by molar-refractivity contribution is 5.88. The molecule has 8 heteroatoms. The van der Waals surface area contributed by atoms with E-state index in [0.717, 1.165) is 6.42 Å². The van der Waals surface area contributed by atoms with Gasteiger partial charge in [0, 0.05) is 6.04 Å². The molecule has 1 aliphatic carbocycles. The van der Waals surface area contributed by atoms with Crippen LogP contribution in [0.5, 0.6) is 0 Å². The number of hydrogen-bond donors (Lipinski definition) is 3. The number of rotatable bonds is 3. The van der Waals surface area contributed by atoms with Crippen molar-refractivity contribution >= 4 is 11.9 Å². The molecule has 4 N–H and O–H groups in total. The molecule has 1 aliphatic rings. The zero-order valence-electron chi connectivity index (χ0n) is 10.5. The van der Waals surface area contributed by atoms with Gasteiger partial charge in [-0.25, -0.2) is 4.79 Å². The van der Waals surface area contributed by atoms with E-state index in [4.69, 9.17) is 10.8 Å². The summed E-state index contributed by atoms with van der Waals surface area (Å²) < 4.78 is 38.3. The van der Waals surface area contributed by atoms with Gasteiger partial charge in [-0.05, 0) is 19.8 Å². The molecular formula is C11H17F3N2O3. The minimum absolute atomic E-state index is 0.376. The number of carbonyl (C=O) groups is 2. The van der Waals surface area contributed by atoms with Gasteiger partial charge in [-0.1, -0.05) is 12.8 Å². The van der Waals surface area contributed by atoms with E-state index in [0.29, 0.717) is 26.2 Å². The van der Waals surface area contributed by atoms with Crippen LogP contribution >= 0.6 is 0 Å². The number of carboxylic acids is 1. The van der Waals surface area contributed by atoms with E-state index in [1.54, 1.807) is 5.32 Å². The molecule has 0 aromatic rings. The van der Waals surface area contributed by atoms with Gasteiger partial charge in [0.05, 0.1) is 5.92 Å². The van der Waals surface area contributed by atoms with Crippen LogP contribution in [-0.4, -0.2) is 34.7 Å². The lowest BCUT2D eigenvalue weighted by molar-refractivity contribution is -0.207. The van der Waals surface area contributed by atoms with Crippen LogP contribution < -0.4 is 11.1 Å². The number of aliphatic carboxylic acids is 1. The van der Waals surface area contributed by atoms with Crippen molar-refractivity contribution in [2.24, 2.45) is 11.7 Å². The Balaban J connectivity index is 2.86. The Morgan fingerprint density at radius 1 is 1.26 bits per heavy atom. The van der Waals surface area contributed by atoms with Crippen molar-refractivity contribution in [3.8, 4) is 0 Å². The number of nitrogens with one attached hydrogen (secondary N) is 1. The van der Waals surface area contributed by atoms with Crippen molar-refractivity contribution in [3.05, 3.63) is 0 Å². The fourth-order valence-electron chi connectivity index (χ4n) is 2.07. The van der Waals surface area contributed by atoms with E-state index in [1.807, 2.05) is 0 Å². The molecule has 0 saturated heterocycles. The quantitative estimate of drug-likeness (QED) is 0.720. The van der Waals surface area contributed by atoms with E-state index in [-0.39, 0.29) is 0 Å². The Hall–Kier alpha value is -1.31. The van der Waals surface area contributed by atoms with E-state index in [2.05, 4.69) is 0 Å². The van der Waals surface area contributed by atoms with Crippen molar-refractivity contribution in [3.63, 3.8) is 0 Å². The number of hydrogen-bond acceptors (Lipinski definition) is 3. The molecule has 0 spiro atoms. The Labute approximate surface area is 108 Å². The summed E-state index contributed by atoms with van der Waals surface area (Å²) in [7, 11) is 0. The van der Waals surface area contributed by atoms with Crippen molar-refractivity contribution in [1.82, 2.24) is 5.32 Å². The second kappa shape index (κ2) is 5.36. The number of halogens is 3. The number of amides is 1. The van der Waals surface area contributed by atoms with Crippen molar-refractivity contribution in [2.45, 2.75) is 50.4 Å². The Kier molecular flexibility index (Phi) is 4.44. The summed E-state index contributed by atoms with van der Waals surface area (Å²) in [4.78, 5) is 22.6. The molecule has 110 valence electrons. The monoisotopic (exact) mass is 282 g/mol. The molecule has 0 aromatic heterocycles. The van der Waals surface area contributed by atoms with Crippen LogP contribution in [0.4, 0.5) is 13.2 Å². The lowest BCUT2D eigenvalue weighted by Gasteiger charge is -2.33. The second-order valence-corrected chi connectivity index (χ2v) is 4.97. The highest BCUT2D eigenvalue weighted by atomic mass is 19.4. The molecule has 5 nitrogen and oxygen atoms in total.